The molecule has 1 aromatic heterocycles. The second kappa shape index (κ2) is 7.84. The smallest absolute Gasteiger partial charge is 0.324 e. The van der Waals surface area contributed by atoms with Crippen molar-refractivity contribution in [3.63, 3.8) is 0 Å². The van der Waals surface area contributed by atoms with Crippen LogP contribution in [0.25, 0.3) is 0 Å². The van der Waals surface area contributed by atoms with Crippen LogP contribution in [0.5, 0.6) is 12.0 Å². The Labute approximate surface area is 172 Å². The van der Waals surface area contributed by atoms with Gasteiger partial charge in [0.25, 0.3) is 5.91 Å². The summed E-state index contributed by atoms with van der Waals surface area (Å²) >= 11 is 0. The van der Waals surface area contributed by atoms with Crippen molar-refractivity contribution >= 4 is 27.8 Å². The number of benzene rings is 1. The van der Waals surface area contributed by atoms with Crippen molar-refractivity contribution in [1.82, 2.24) is 15.0 Å². The van der Waals surface area contributed by atoms with Crippen molar-refractivity contribution in [3.05, 3.63) is 29.3 Å². The second-order valence-corrected chi connectivity index (χ2v) is 8.36. The van der Waals surface area contributed by atoms with Crippen molar-refractivity contribution < 1.29 is 27.4 Å². The van der Waals surface area contributed by atoms with E-state index in [1.165, 1.54) is 26.4 Å². The normalized spacial score (nSPS) is 15.2. The maximum atomic E-state index is 12.6. The molecule has 0 spiro atoms. The van der Waals surface area contributed by atoms with E-state index < -0.39 is 21.5 Å². The van der Waals surface area contributed by atoms with E-state index in [0.717, 1.165) is 6.07 Å². The lowest BCUT2D eigenvalue weighted by atomic mass is 10.1. The number of nitrogens with two attached hydrogens (primary N) is 1. The zero-order chi connectivity index (χ0) is 22.1. The maximum Gasteiger partial charge on any atom is 0.324 e. The molecule has 0 fully saturated rings. The summed E-state index contributed by atoms with van der Waals surface area (Å²) in [4.78, 5) is 28.2. The molecule has 0 saturated heterocycles. The predicted molar refractivity (Wildman–Crippen MR) is 105 cm³/mol. The van der Waals surface area contributed by atoms with Crippen LogP contribution < -0.4 is 19.9 Å². The Hall–Kier alpha value is -3.32. The number of carbonyl (C=O) groups excluding carboxylic acids is 1. The van der Waals surface area contributed by atoms with Crippen LogP contribution in [0.2, 0.25) is 0 Å². The number of aliphatic imine (C=N–C) groups is 1. The van der Waals surface area contributed by atoms with Gasteiger partial charge in [-0.15, -0.1) is 4.98 Å². The maximum absolute atomic E-state index is 12.6. The molecule has 3 rings (SSSR count). The van der Waals surface area contributed by atoms with Gasteiger partial charge in [-0.25, -0.2) is 18.5 Å². The predicted octanol–water partition coefficient (Wildman–Crippen LogP) is 0.344. The zero-order valence-electron chi connectivity index (χ0n) is 16.7. The van der Waals surface area contributed by atoms with E-state index in [1.54, 1.807) is 0 Å². The highest BCUT2D eigenvalue weighted by molar-refractivity contribution is 7.89. The molecule has 0 saturated carbocycles. The number of primary sulfonamides is 1. The number of ether oxygens (including phenoxy) is 3. The van der Waals surface area contributed by atoms with Crippen LogP contribution >= 0.6 is 0 Å². The largest absolute Gasteiger partial charge is 0.469 e. The molecule has 0 radical (unpaired) electrons. The lowest BCUT2D eigenvalue weighted by molar-refractivity contribution is 0.102. The molecule has 2 heterocycles. The van der Waals surface area contributed by atoms with Crippen molar-refractivity contribution in [2.24, 2.45) is 10.1 Å². The first-order chi connectivity index (χ1) is 14.0. The van der Waals surface area contributed by atoms with Crippen molar-refractivity contribution in [2.75, 3.05) is 26.1 Å². The molecule has 3 N–H and O–H groups in total. The van der Waals surface area contributed by atoms with E-state index in [2.05, 4.69) is 25.3 Å². The van der Waals surface area contributed by atoms with E-state index in [4.69, 9.17) is 19.3 Å². The van der Waals surface area contributed by atoms with Crippen LogP contribution in [0.3, 0.4) is 0 Å². The third-order valence-electron chi connectivity index (χ3n) is 3.94. The Kier molecular flexibility index (Phi) is 5.59. The minimum Gasteiger partial charge on any atom is -0.469 e. The van der Waals surface area contributed by atoms with Crippen molar-refractivity contribution in [2.45, 2.75) is 24.3 Å². The number of aromatic nitrogens is 3. The summed E-state index contributed by atoms with van der Waals surface area (Å²) in [5.41, 5.74) is -0.403. The number of nitrogens with zero attached hydrogens (tertiary/aromatic N) is 4. The van der Waals surface area contributed by atoms with E-state index in [9.17, 15) is 13.2 Å². The van der Waals surface area contributed by atoms with Gasteiger partial charge < -0.3 is 14.2 Å². The standard InChI is InChI=1S/C17H20N6O6S/c1-17(2)8-19-13(29-17)10-6-5-9(7-11(10)30(18,25)26)12(24)20-14-21-15(27-3)23-16(22-14)28-4/h5-7H,8H2,1-4H3,(H2,18,25,26)(H,20,21,22,23,24). The van der Waals surface area contributed by atoms with Crippen LogP contribution in [0, 0.1) is 0 Å². The van der Waals surface area contributed by atoms with Gasteiger partial charge in [-0.05, 0) is 32.0 Å². The first kappa shape index (κ1) is 21.4. The monoisotopic (exact) mass is 436 g/mol. The molecular weight excluding hydrogens is 416 g/mol. The molecule has 0 atom stereocenters. The van der Waals surface area contributed by atoms with E-state index in [0.29, 0.717) is 6.54 Å². The second-order valence-electron chi connectivity index (χ2n) is 6.83. The fraction of sp³-hybridized carbons (Fsp3) is 0.353. The number of methoxy groups -OCH3 is 2. The summed E-state index contributed by atoms with van der Waals surface area (Å²) in [6.45, 7) is 4.00. The molecule has 0 unspecified atom stereocenters. The summed E-state index contributed by atoms with van der Waals surface area (Å²) in [5.74, 6) is -0.686. The van der Waals surface area contributed by atoms with Gasteiger partial charge in [0, 0.05) is 5.56 Å². The molecule has 13 heteroatoms. The van der Waals surface area contributed by atoms with Crippen molar-refractivity contribution in [1.29, 1.82) is 0 Å². The molecule has 12 nitrogen and oxygen atoms in total. The summed E-state index contributed by atoms with van der Waals surface area (Å²) in [6.07, 6.45) is 0. The van der Waals surface area contributed by atoms with Gasteiger partial charge >= 0.3 is 12.0 Å². The Bertz CT molecular complexity index is 1110. The quantitative estimate of drug-likeness (QED) is 0.648. The first-order valence-electron chi connectivity index (χ1n) is 8.58. The lowest BCUT2D eigenvalue weighted by Gasteiger charge is -2.18. The number of carbonyl (C=O) groups is 1. The highest BCUT2D eigenvalue weighted by Gasteiger charge is 2.31. The summed E-state index contributed by atoms with van der Waals surface area (Å²) in [7, 11) is -1.50. The molecule has 30 heavy (non-hydrogen) atoms. The summed E-state index contributed by atoms with van der Waals surface area (Å²) in [5, 5.41) is 7.78. The molecule has 2 aromatic rings. The van der Waals surface area contributed by atoms with Gasteiger partial charge in [-0.3, -0.25) is 10.1 Å². The number of hydrogen-bond donors (Lipinski definition) is 2. The average Bonchev–Trinajstić information content (AvgIpc) is 3.06. The Morgan fingerprint density at radius 2 is 1.80 bits per heavy atom. The highest BCUT2D eigenvalue weighted by Crippen LogP contribution is 2.26. The van der Waals surface area contributed by atoms with Crippen LogP contribution in [0.15, 0.2) is 28.1 Å². The molecule has 0 aliphatic carbocycles. The third kappa shape index (κ3) is 4.63. The molecule has 1 aliphatic rings. The van der Waals surface area contributed by atoms with E-state index in [1.807, 2.05) is 13.8 Å². The molecule has 160 valence electrons. The highest BCUT2D eigenvalue weighted by atomic mass is 32.2. The lowest BCUT2D eigenvalue weighted by Crippen LogP contribution is -2.26. The third-order valence-corrected chi connectivity index (χ3v) is 4.89. The van der Waals surface area contributed by atoms with E-state index >= 15 is 0 Å². The first-order valence-corrected chi connectivity index (χ1v) is 10.1. The summed E-state index contributed by atoms with van der Waals surface area (Å²) < 4.78 is 39.8. The fourth-order valence-corrected chi connectivity index (χ4v) is 3.31. The molecular formula is C17H20N6O6S. The van der Waals surface area contributed by atoms with Crippen LogP contribution in [-0.4, -0.2) is 61.5 Å². The van der Waals surface area contributed by atoms with Gasteiger partial charge in [-0.2, -0.15) is 9.97 Å². The van der Waals surface area contributed by atoms with Crippen LogP contribution in [-0.2, 0) is 14.8 Å². The molecule has 1 aromatic carbocycles. The SMILES string of the molecule is COc1nc(NC(=O)c2ccc(C3=NCC(C)(C)O3)c(S(N)(=O)=O)c2)nc(OC)n1. The Morgan fingerprint density at radius 3 is 2.30 bits per heavy atom. The number of sulfonamides is 1. The van der Waals surface area contributed by atoms with Gasteiger partial charge in [0.15, 0.2) is 0 Å². The van der Waals surface area contributed by atoms with Gasteiger partial charge in [0.05, 0.1) is 31.2 Å². The Morgan fingerprint density at radius 1 is 1.17 bits per heavy atom. The molecule has 1 aliphatic heterocycles. The number of rotatable bonds is 6. The molecule has 0 bridgehead atoms. The number of hydrogen-bond acceptors (Lipinski definition) is 10. The topological polar surface area (TPSA) is 168 Å². The zero-order valence-corrected chi connectivity index (χ0v) is 17.5. The number of nitrogens with one attached hydrogen (secondary N) is 1. The van der Waals surface area contributed by atoms with Gasteiger partial charge in [-0.1, -0.05) is 0 Å². The van der Waals surface area contributed by atoms with Gasteiger partial charge in [0.2, 0.25) is 21.9 Å². The molecule has 1 amide bonds. The Balaban J connectivity index is 1.95. The van der Waals surface area contributed by atoms with Crippen LogP contribution in [0.1, 0.15) is 29.8 Å². The summed E-state index contributed by atoms with van der Waals surface area (Å²) in [6, 6.07) is 3.80. The minimum absolute atomic E-state index is 0.000946. The van der Waals surface area contributed by atoms with E-state index in [-0.39, 0.29) is 39.9 Å². The minimum atomic E-state index is -4.18. The van der Waals surface area contributed by atoms with Crippen LogP contribution in [0.4, 0.5) is 5.95 Å². The van der Waals surface area contributed by atoms with Crippen molar-refractivity contribution in [3.8, 4) is 12.0 Å². The fourth-order valence-electron chi connectivity index (χ4n) is 2.55. The van der Waals surface area contributed by atoms with Gasteiger partial charge in [0.1, 0.15) is 5.60 Å². The number of amides is 1. The average molecular weight is 436 g/mol. The number of anilines is 1.